The van der Waals surface area contributed by atoms with Crippen LogP contribution in [-0.4, -0.2) is 12.0 Å². The fourth-order valence-electron chi connectivity index (χ4n) is 1.53. The Labute approximate surface area is 63.6 Å². The monoisotopic (exact) mass is 154 g/mol. The third-order valence-electron chi connectivity index (χ3n) is 2.10. The number of fused-ring (bicyclic) bond motifs is 1. The second-order valence-corrected chi connectivity index (χ2v) is 2.74. The number of rotatable bonds is 1. The third-order valence-corrected chi connectivity index (χ3v) is 2.10. The minimum Gasteiger partial charge on any atom is -0.411 e. The number of oxazole rings is 1. The van der Waals surface area contributed by atoms with Crippen LogP contribution in [0.5, 0.6) is 0 Å². The SMILES string of the molecule is CNC1CCc2[nH]c(=O)oc21. The molecule has 2 N–H and O–H groups in total. The highest BCUT2D eigenvalue weighted by Gasteiger charge is 2.25. The molecule has 2 rings (SSSR count). The summed E-state index contributed by atoms with van der Waals surface area (Å²) in [5.74, 6) is 0.451. The van der Waals surface area contributed by atoms with Crippen LogP contribution in [-0.2, 0) is 6.42 Å². The highest BCUT2D eigenvalue weighted by atomic mass is 16.4. The van der Waals surface area contributed by atoms with Crippen molar-refractivity contribution in [2.24, 2.45) is 0 Å². The van der Waals surface area contributed by atoms with Gasteiger partial charge in [-0.15, -0.1) is 0 Å². The fourth-order valence-corrected chi connectivity index (χ4v) is 1.53. The van der Waals surface area contributed by atoms with Gasteiger partial charge in [0.15, 0.2) is 0 Å². The van der Waals surface area contributed by atoms with Crippen molar-refractivity contribution in [2.75, 3.05) is 7.05 Å². The van der Waals surface area contributed by atoms with Gasteiger partial charge in [0, 0.05) is 0 Å². The predicted octanol–water partition coefficient (Wildman–Crippen LogP) is 0.175. The van der Waals surface area contributed by atoms with Gasteiger partial charge in [-0.25, -0.2) is 4.79 Å². The zero-order valence-corrected chi connectivity index (χ0v) is 6.31. The zero-order chi connectivity index (χ0) is 7.84. The van der Waals surface area contributed by atoms with E-state index in [1.165, 1.54) is 0 Å². The topological polar surface area (TPSA) is 58.0 Å². The Morgan fingerprint density at radius 2 is 2.55 bits per heavy atom. The molecule has 4 heteroatoms. The van der Waals surface area contributed by atoms with Gasteiger partial charge >= 0.3 is 5.76 Å². The van der Waals surface area contributed by atoms with Gasteiger partial charge in [0.05, 0.1) is 11.7 Å². The Morgan fingerprint density at radius 3 is 3.27 bits per heavy atom. The maximum atomic E-state index is 10.7. The first kappa shape index (κ1) is 6.67. The molecule has 1 unspecified atom stereocenters. The number of aryl methyl sites for hydroxylation is 1. The molecule has 0 saturated heterocycles. The molecule has 0 saturated carbocycles. The molecule has 11 heavy (non-hydrogen) atoms. The molecule has 0 aromatic carbocycles. The maximum Gasteiger partial charge on any atom is 0.416 e. The Kier molecular flexibility index (Phi) is 1.35. The number of H-pyrrole nitrogens is 1. The van der Waals surface area contributed by atoms with Gasteiger partial charge in [0.25, 0.3) is 0 Å². The Hall–Kier alpha value is -1.03. The summed E-state index contributed by atoms with van der Waals surface area (Å²) in [7, 11) is 1.87. The van der Waals surface area contributed by atoms with E-state index >= 15 is 0 Å². The van der Waals surface area contributed by atoms with Crippen LogP contribution in [0.2, 0.25) is 0 Å². The lowest BCUT2D eigenvalue weighted by atomic mass is 10.2. The van der Waals surface area contributed by atoms with Crippen molar-refractivity contribution < 1.29 is 4.42 Å². The lowest BCUT2D eigenvalue weighted by molar-refractivity contribution is 0.412. The number of hydrogen-bond donors (Lipinski definition) is 2. The first-order valence-corrected chi connectivity index (χ1v) is 3.70. The van der Waals surface area contributed by atoms with Crippen LogP contribution in [0.3, 0.4) is 0 Å². The molecule has 0 fully saturated rings. The van der Waals surface area contributed by atoms with Crippen LogP contribution >= 0.6 is 0 Å². The first-order valence-electron chi connectivity index (χ1n) is 3.70. The Morgan fingerprint density at radius 1 is 1.73 bits per heavy atom. The molecule has 1 aromatic heterocycles. The van der Waals surface area contributed by atoms with Gasteiger partial charge in [0.2, 0.25) is 0 Å². The van der Waals surface area contributed by atoms with Gasteiger partial charge in [-0.3, -0.25) is 4.98 Å². The molecule has 0 spiro atoms. The number of aromatic amines is 1. The zero-order valence-electron chi connectivity index (χ0n) is 6.31. The van der Waals surface area contributed by atoms with Crippen molar-refractivity contribution in [3.05, 3.63) is 22.0 Å². The molecule has 1 atom stereocenters. The summed E-state index contributed by atoms with van der Waals surface area (Å²) >= 11 is 0. The van der Waals surface area contributed by atoms with Gasteiger partial charge in [-0.1, -0.05) is 0 Å². The summed E-state index contributed by atoms with van der Waals surface area (Å²) in [5, 5.41) is 3.08. The molecule has 4 nitrogen and oxygen atoms in total. The predicted molar refractivity (Wildman–Crippen MR) is 39.5 cm³/mol. The molecule has 1 aliphatic carbocycles. The van der Waals surface area contributed by atoms with Crippen LogP contribution in [0.15, 0.2) is 9.21 Å². The lowest BCUT2D eigenvalue weighted by Gasteiger charge is -2.03. The van der Waals surface area contributed by atoms with E-state index in [0.717, 1.165) is 24.3 Å². The summed E-state index contributed by atoms with van der Waals surface area (Å²) in [6, 6.07) is 0.226. The summed E-state index contributed by atoms with van der Waals surface area (Å²) in [6.45, 7) is 0. The van der Waals surface area contributed by atoms with Crippen LogP contribution in [0.25, 0.3) is 0 Å². The minimum atomic E-state index is -0.338. The summed E-state index contributed by atoms with van der Waals surface area (Å²) in [5.41, 5.74) is 0.953. The normalized spacial score (nSPS) is 22.1. The molecular weight excluding hydrogens is 144 g/mol. The lowest BCUT2D eigenvalue weighted by Crippen LogP contribution is -2.12. The smallest absolute Gasteiger partial charge is 0.411 e. The van der Waals surface area contributed by atoms with E-state index in [-0.39, 0.29) is 11.8 Å². The van der Waals surface area contributed by atoms with Gasteiger partial charge in [0.1, 0.15) is 5.76 Å². The Balaban J connectivity index is 2.45. The van der Waals surface area contributed by atoms with E-state index in [2.05, 4.69) is 10.3 Å². The van der Waals surface area contributed by atoms with E-state index in [0.29, 0.717) is 0 Å². The van der Waals surface area contributed by atoms with Gasteiger partial charge in [-0.05, 0) is 19.9 Å². The highest BCUT2D eigenvalue weighted by Crippen LogP contribution is 2.27. The minimum absolute atomic E-state index is 0.226. The molecule has 60 valence electrons. The van der Waals surface area contributed by atoms with Crippen molar-refractivity contribution >= 4 is 0 Å². The van der Waals surface area contributed by atoms with Crippen molar-refractivity contribution in [3.8, 4) is 0 Å². The molecule has 0 radical (unpaired) electrons. The van der Waals surface area contributed by atoms with Crippen LogP contribution in [0.4, 0.5) is 0 Å². The van der Waals surface area contributed by atoms with Crippen molar-refractivity contribution in [1.82, 2.24) is 10.3 Å². The average Bonchev–Trinajstić information content (AvgIpc) is 2.45. The molecule has 0 amide bonds. The number of aromatic nitrogens is 1. The molecule has 1 heterocycles. The number of nitrogens with one attached hydrogen (secondary N) is 2. The average molecular weight is 154 g/mol. The third kappa shape index (κ3) is 0.903. The maximum absolute atomic E-state index is 10.7. The summed E-state index contributed by atoms with van der Waals surface area (Å²) < 4.78 is 4.96. The highest BCUT2D eigenvalue weighted by molar-refractivity contribution is 5.18. The second kappa shape index (κ2) is 2.23. The Bertz CT molecular complexity index is 312. The largest absolute Gasteiger partial charge is 0.416 e. The van der Waals surface area contributed by atoms with E-state index < -0.39 is 0 Å². The standard InChI is InChI=1S/C7H10N2O2/c1-8-4-2-3-5-6(4)11-7(10)9-5/h4,8H,2-3H2,1H3,(H,9,10). The fraction of sp³-hybridized carbons (Fsp3) is 0.571. The summed E-state index contributed by atoms with van der Waals surface area (Å²) in [4.78, 5) is 13.4. The summed E-state index contributed by atoms with van der Waals surface area (Å²) in [6.07, 6.45) is 1.92. The van der Waals surface area contributed by atoms with Crippen molar-refractivity contribution in [2.45, 2.75) is 18.9 Å². The van der Waals surface area contributed by atoms with Crippen molar-refractivity contribution in [3.63, 3.8) is 0 Å². The van der Waals surface area contributed by atoms with Gasteiger partial charge in [-0.2, -0.15) is 0 Å². The molecule has 0 aliphatic heterocycles. The second-order valence-electron chi connectivity index (χ2n) is 2.74. The van der Waals surface area contributed by atoms with E-state index in [1.807, 2.05) is 7.05 Å². The van der Waals surface area contributed by atoms with Crippen LogP contribution in [0.1, 0.15) is 23.9 Å². The number of hydrogen-bond acceptors (Lipinski definition) is 3. The molecule has 0 bridgehead atoms. The molecular formula is C7H10N2O2. The van der Waals surface area contributed by atoms with Crippen LogP contribution in [0, 0.1) is 0 Å². The molecule has 1 aromatic rings. The van der Waals surface area contributed by atoms with Crippen LogP contribution < -0.4 is 11.1 Å². The van der Waals surface area contributed by atoms with E-state index in [9.17, 15) is 4.79 Å². The molecule has 1 aliphatic rings. The van der Waals surface area contributed by atoms with E-state index in [1.54, 1.807) is 0 Å². The van der Waals surface area contributed by atoms with E-state index in [4.69, 9.17) is 4.42 Å². The van der Waals surface area contributed by atoms with Crippen molar-refractivity contribution in [1.29, 1.82) is 0 Å². The van der Waals surface area contributed by atoms with Gasteiger partial charge < -0.3 is 9.73 Å². The quantitative estimate of drug-likeness (QED) is 0.606. The first-order chi connectivity index (χ1) is 5.31.